The maximum Gasteiger partial charge on any atom is 0.338 e. The monoisotopic (exact) mass is 279 g/mol. The van der Waals surface area contributed by atoms with Crippen LogP contribution in [0.2, 0.25) is 0 Å². The summed E-state index contributed by atoms with van der Waals surface area (Å²) in [7, 11) is 1.36. The first kappa shape index (κ1) is 13.1. The zero-order chi connectivity index (χ0) is 14.8. The number of rotatable bonds is 2. The van der Waals surface area contributed by atoms with Crippen LogP contribution in [0.25, 0.3) is 22.2 Å². The molecule has 0 bridgehead atoms. The number of ether oxygens (including phenoxy) is 1. The van der Waals surface area contributed by atoms with Gasteiger partial charge in [-0.3, -0.25) is 0 Å². The fourth-order valence-corrected chi connectivity index (χ4v) is 2.23. The number of carbonyl (C=O) groups is 1. The lowest BCUT2D eigenvalue weighted by Gasteiger charge is -2.08. The SMILES string of the molecule is COC(=O)c1cc(-c2ccc(O)cc2)nc2ccccc12. The lowest BCUT2D eigenvalue weighted by atomic mass is 10.0. The van der Waals surface area contributed by atoms with Gasteiger partial charge in [0, 0.05) is 10.9 Å². The first-order valence-electron chi connectivity index (χ1n) is 6.46. The number of hydrogen-bond donors (Lipinski definition) is 1. The van der Waals surface area contributed by atoms with Crippen molar-refractivity contribution in [3.8, 4) is 17.0 Å². The summed E-state index contributed by atoms with van der Waals surface area (Å²) in [6.07, 6.45) is 0. The van der Waals surface area contributed by atoms with E-state index in [4.69, 9.17) is 4.74 Å². The maximum absolute atomic E-state index is 12.0. The standard InChI is InChI=1S/C17H13NO3/c1-21-17(20)14-10-16(11-6-8-12(19)9-7-11)18-15-5-3-2-4-13(14)15/h2-10,19H,1H3. The number of esters is 1. The molecule has 0 saturated heterocycles. The number of phenols is 1. The van der Waals surface area contributed by atoms with Gasteiger partial charge in [0.05, 0.1) is 23.9 Å². The first-order chi connectivity index (χ1) is 10.2. The van der Waals surface area contributed by atoms with Crippen LogP contribution in [0.1, 0.15) is 10.4 Å². The molecule has 0 aliphatic carbocycles. The van der Waals surface area contributed by atoms with Crippen LogP contribution in [0.5, 0.6) is 5.75 Å². The van der Waals surface area contributed by atoms with E-state index in [-0.39, 0.29) is 5.75 Å². The molecule has 0 amide bonds. The minimum Gasteiger partial charge on any atom is -0.508 e. The van der Waals surface area contributed by atoms with E-state index in [1.54, 1.807) is 30.3 Å². The Morgan fingerprint density at radius 1 is 1.10 bits per heavy atom. The summed E-state index contributed by atoms with van der Waals surface area (Å²) in [5.74, 6) is -0.207. The first-order valence-corrected chi connectivity index (χ1v) is 6.46. The number of hydrogen-bond acceptors (Lipinski definition) is 4. The molecule has 0 fully saturated rings. The average Bonchev–Trinajstić information content (AvgIpc) is 2.53. The number of para-hydroxylation sites is 1. The summed E-state index contributed by atoms with van der Waals surface area (Å²) in [6, 6.07) is 15.8. The highest BCUT2D eigenvalue weighted by molar-refractivity contribution is 6.04. The Bertz CT molecular complexity index is 810. The molecule has 21 heavy (non-hydrogen) atoms. The van der Waals surface area contributed by atoms with Gasteiger partial charge >= 0.3 is 5.97 Å². The summed E-state index contributed by atoms with van der Waals surface area (Å²) in [5.41, 5.74) is 2.69. The summed E-state index contributed by atoms with van der Waals surface area (Å²) in [6.45, 7) is 0. The summed E-state index contributed by atoms with van der Waals surface area (Å²) >= 11 is 0. The number of aromatic nitrogens is 1. The summed E-state index contributed by atoms with van der Waals surface area (Å²) < 4.78 is 4.85. The molecule has 0 spiro atoms. The fraction of sp³-hybridized carbons (Fsp3) is 0.0588. The van der Waals surface area contributed by atoms with Gasteiger partial charge in [0.2, 0.25) is 0 Å². The molecule has 104 valence electrons. The van der Waals surface area contributed by atoms with E-state index in [0.717, 1.165) is 16.5 Å². The second-order valence-corrected chi connectivity index (χ2v) is 4.61. The van der Waals surface area contributed by atoms with Crippen LogP contribution in [0.4, 0.5) is 0 Å². The minimum atomic E-state index is -0.395. The van der Waals surface area contributed by atoms with Crippen LogP contribution in [0, 0.1) is 0 Å². The molecule has 1 heterocycles. The molecule has 0 aliphatic heterocycles. The van der Waals surface area contributed by atoms with Gasteiger partial charge in [0.1, 0.15) is 5.75 Å². The lowest BCUT2D eigenvalue weighted by molar-refractivity contribution is 0.0603. The van der Waals surface area contributed by atoms with Crippen LogP contribution < -0.4 is 0 Å². The Hall–Kier alpha value is -2.88. The number of pyridine rings is 1. The highest BCUT2D eigenvalue weighted by Gasteiger charge is 2.13. The van der Waals surface area contributed by atoms with Crippen molar-refractivity contribution in [3.05, 3.63) is 60.2 Å². The van der Waals surface area contributed by atoms with Gasteiger partial charge in [0.15, 0.2) is 0 Å². The van der Waals surface area contributed by atoms with E-state index < -0.39 is 5.97 Å². The third-order valence-electron chi connectivity index (χ3n) is 3.28. The van der Waals surface area contributed by atoms with Gasteiger partial charge in [-0.1, -0.05) is 18.2 Å². The fourth-order valence-electron chi connectivity index (χ4n) is 2.23. The molecule has 2 aromatic carbocycles. The Morgan fingerprint density at radius 3 is 2.52 bits per heavy atom. The number of fused-ring (bicyclic) bond motifs is 1. The van der Waals surface area contributed by atoms with Gasteiger partial charge in [-0.2, -0.15) is 0 Å². The molecule has 0 aliphatic rings. The number of aromatic hydroxyl groups is 1. The Balaban J connectivity index is 2.25. The molecule has 4 heteroatoms. The number of methoxy groups -OCH3 is 1. The zero-order valence-electron chi connectivity index (χ0n) is 11.4. The van der Waals surface area contributed by atoms with E-state index in [1.807, 2.05) is 24.3 Å². The highest BCUT2D eigenvalue weighted by Crippen LogP contribution is 2.26. The van der Waals surface area contributed by atoms with Gasteiger partial charge in [0.25, 0.3) is 0 Å². The van der Waals surface area contributed by atoms with Crippen molar-refractivity contribution in [2.75, 3.05) is 7.11 Å². The van der Waals surface area contributed by atoms with Crippen molar-refractivity contribution in [1.82, 2.24) is 4.98 Å². The molecule has 0 atom stereocenters. The minimum absolute atomic E-state index is 0.188. The molecule has 1 aromatic heterocycles. The van der Waals surface area contributed by atoms with E-state index in [1.165, 1.54) is 7.11 Å². The molecule has 3 aromatic rings. The van der Waals surface area contributed by atoms with Crippen molar-refractivity contribution < 1.29 is 14.6 Å². The van der Waals surface area contributed by atoms with E-state index in [2.05, 4.69) is 4.98 Å². The molecular weight excluding hydrogens is 266 g/mol. The van der Waals surface area contributed by atoms with E-state index in [9.17, 15) is 9.90 Å². The van der Waals surface area contributed by atoms with Gasteiger partial charge in [-0.25, -0.2) is 9.78 Å². The molecule has 4 nitrogen and oxygen atoms in total. The predicted molar refractivity (Wildman–Crippen MR) is 80.2 cm³/mol. The van der Waals surface area contributed by atoms with Crippen molar-refractivity contribution in [2.45, 2.75) is 0 Å². The Kier molecular flexibility index (Phi) is 3.28. The molecule has 0 unspecified atom stereocenters. The third-order valence-corrected chi connectivity index (χ3v) is 3.28. The average molecular weight is 279 g/mol. The Morgan fingerprint density at radius 2 is 1.81 bits per heavy atom. The Labute approximate surface area is 121 Å². The third kappa shape index (κ3) is 2.43. The normalized spacial score (nSPS) is 10.5. The molecular formula is C17H13NO3. The second kappa shape index (κ2) is 5.25. The zero-order valence-corrected chi connectivity index (χ0v) is 11.4. The van der Waals surface area contributed by atoms with E-state index >= 15 is 0 Å². The molecule has 1 N–H and O–H groups in total. The van der Waals surface area contributed by atoms with Crippen LogP contribution >= 0.6 is 0 Å². The predicted octanol–water partition coefficient (Wildman–Crippen LogP) is 3.39. The maximum atomic E-state index is 12.0. The summed E-state index contributed by atoms with van der Waals surface area (Å²) in [4.78, 5) is 16.5. The van der Waals surface area contributed by atoms with Crippen molar-refractivity contribution in [2.24, 2.45) is 0 Å². The van der Waals surface area contributed by atoms with Crippen molar-refractivity contribution in [1.29, 1.82) is 0 Å². The molecule has 3 rings (SSSR count). The van der Waals surface area contributed by atoms with Crippen LogP contribution in [0.15, 0.2) is 54.6 Å². The van der Waals surface area contributed by atoms with Gasteiger partial charge in [-0.15, -0.1) is 0 Å². The lowest BCUT2D eigenvalue weighted by Crippen LogP contribution is -2.03. The van der Waals surface area contributed by atoms with Gasteiger partial charge in [-0.05, 0) is 36.4 Å². The van der Waals surface area contributed by atoms with Crippen LogP contribution in [0.3, 0.4) is 0 Å². The number of nitrogens with zero attached hydrogens (tertiary/aromatic N) is 1. The molecule has 0 saturated carbocycles. The van der Waals surface area contributed by atoms with Crippen LogP contribution in [-0.2, 0) is 4.74 Å². The quantitative estimate of drug-likeness (QED) is 0.730. The van der Waals surface area contributed by atoms with Crippen LogP contribution in [-0.4, -0.2) is 23.2 Å². The largest absolute Gasteiger partial charge is 0.508 e. The number of carbonyl (C=O) groups excluding carboxylic acids is 1. The highest BCUT2D eigenvalue weighted by atomic mass is 16.5. The van der Waals surface area contributed by atoms with Crippen molar-refractivity contribution >= 4 is 16.9 Å². The number of phenolic OH excluding ortho intramolecular Hbond substituents is 1. The smallest absolute Gasteiger partial charge is 0.338 e. The topological polar surface area (TPSA) is 59.4 Å². The summed E-state index contributed by atoms with van der Waals surface area (Å²) in [5, 5.41) is 10.1. The van der Waals surface area contributed by atoms with Crippen molar-refractivity contribution in [3.63, 3.8) is 0 Å². The number of benzene rings is 2. The van der Waals surface area contributed by atoms with Gasteiger partial charge < -0.3 is 9.84 Å². The second-order valence-electron chi connectivity index (χ2n) is 4.61. The molecule has 0 radical (unpaired) electrons. The van der Waals surface area contributed by atoms with E-state index in [0.29, 0.717) is 11.3 Å².